The van der Waals surface area contributed by atoms with Crippen LogP contribution in [0.2, 0.25) is 0 Å². The van der Waals surface area contributed by atoms with Gasteiger partial charge in [0.15, 0.2) is 0 Å². The first-order valence-electron chi connectivity index (χ1n) is 7.08. The standard InChI is InChI=1S/C14H23N2O5P/c1-20-12-10(17)9(5-6-22(2,3)4)21-11(12)8-7-15-14(19)16-13(8)18/h7,9-12,17H,2,5-6H2,1,3-4H3,(H2,15,16,18,19)/t9?,10-,11+,12-/m1/s1. The highest BCUT2D eigenvalue weighted by Gasteiger charge is 2.45. The number of aliphatic hydroxyl groups excluding tert-OH is 1. The summed E-state index contributed by atoms with van der Waals surface area (Å²) in [5, 5.41) is 10.4. The molecule has 0 saturated carbocycles. The molecule has 2 heterocycles. The fourth-order valence-electron chi connectivity index (χ4n) is 2.60. The minimum Gasteiger partial charge on any atom is -0.388 e. The normalized spacial score (nSPS) is 28.9. The summed E-state index contributed by atoms with van der Waals surface area (Å²) in [5.74, 6) is 0. The Kier molecular flexibility index (Phi) is 5.12. The topological polar surface area (TPSA) is 104 Å². The molecule has 0 aliphatic carbocycles. The zero-order valence-electron chi connectivity index (χ0n) is 13.0. The molecule has 1 saturated heterocycles. The predicted octanol–water partition coefficient (Wildman–Crippen LogP) is -0.0217. The van der Waals surface area contributed by atoms with Crippen molar-refractivity contribution in [1.82, 2.24) is 9.97 Å². The largest absolute Gasteiger partial charge is 0.388 e. The number of aromatic amines is 2. The lowest BCUT2D eigenvalue weighted by Gasteiger charge is -2.19. The number of methoxy groups -OCH3 is 1. The number of rotatable bonds is 5. The number of nitrogens with one attached hydrogen (secondary N) is 2. The second-order valence-corrected chi connectivity index (χ2v) is 10.6. The van der Waals surface area contributed by atoms with Crippen LogP contribution in [0.3, 0.4) is 0 Å². The third kappa shape index (κ3) is 3.79. The van der Waals surface area contributed by atoms with Gasteiger partial charge < -0.3 is 19.6 Å². The molecule has 1 unspecified atom stereocenters. The van der Waals surface area contributed by atoms with E-state index in [9.17, 15) is 14.7 Å². The number of H-pyrrole nitrogens is 2. The molecule has 1 aliphatic rings. The quantitative estimate of drug-likeness (QED) is 0.658. The molecule has 0 amide bonds. The first kappa shape index (κ1) is 17.2. The molecule has 8 heteroatoms. The zero-order valence-corrected chi connectivity index (χ0v) is 13.9. The van der Waals surface area contributed by atoms with Gasteiger partial charge in [0.05, 0.1) is 11.7 Å². The van der Waals surface area contributed by atoms with Crippen LogP contribution in [-0.2, 0) is 9.47 Å². The first-order chi connectivity index (χ1) is 10.2. The lowest BCUT2D eigenvalue weighted by atomic mass is 10.0. The van der Waals surface area contributed by atoms with Gasteiger partial charge in [-0.2, -0.15) is 0 Å². The van der Waals surface area contributed by atoms with Crippen molar-refractivity contribution in [2.45, 2.75) is 30.8 Å². The number of ether oxygens (including phenoxy) is 2. The average Bonchev–Trinajstić information content (AvgIpc) is 2.72. The van der Waals surface area contributed by atoms with E-state index in [1.807, 2.05) is 0 Å². The Hall–Kier alpha value is -1.14. The minimum atomic E-state index is -1.23. The third-order valence-electron chi connectivity index (χ3n) is 3.78. The molecule has 7 nitrogen and oxygen atoms in total. The number of hydrogen-bond acceptors (Lipinski definition) is 5. The van der Waals surface area contributed by atoms with Crippen LogP contribution in [0.25, 0.3) is 0 Å². The smallest absolute Gasteiger partial charge is 0.325 e. The molecular weight excluding hydrogens is 307 g/mol. The SMILES string of the molecule is C=P(C)(C)CCC1O[C@@H](c2c[nH]c(=O)[nH]c2=O)[C@H](OC)[C@@H]1O. The van der Waals surface area contributed by atoms with Gasteiger partial charge in [0.2, 0.25) is 0 Å². The maximum absolute atomic E-state index is 11.9. The molecule has 1 fully saturated rings. The van der Waals surface area contributed by atoms with Crippen molar-refractivity contribution in [2.75, 3.05) is 26.6 Å². The van der Waals surface area contributed by atoms with Crippen LogP contribution in [0.5, 0.6) is 0 Å². The second kappa shape index (κ2) is 6.54. The van der Waals surface area contributed by atoms with Crippen molar-refractivity contribution in [1.29, 1.82) is 0 Å². The van der Waals surface area contributed by atoms with Crippen molar-refractivity contribution in [3.8, 4) is 0 Å². The van der Waals surface area contributed by atoms with E-state index in [0.29, 0.717) is 6.42 Å². The Morgan fingerprint density at radius 3 is 2.68 bits per heavy atom. The van der Waals surface area contributed by atoms with Gasteiger partial charge in [0, 0.05) is 13.3 Å². The Morgan fingerprint density at radius 2 is 2.14 bits per heavy atom. The van der Waals surface area contributed by atoms with E-state index in [2.05, 4.69) is 29.6 Å². The summed E-state index contributed by atoms with van der Waals surface area (Å²) in [6, 6.07) is 0. The Labute approximate surface area is 128 Å². The molecule has 0 aromatic carbocycles. The predicted molar refractivity (Wildman–Crippen MR) is 87.5 cm³/mol. The van der Waals surface area contributed by atoms with Gasteiger partial charge in [-0.3, -0.25) is 9.78 Å². The van der Waals surface area contributed by atoms with E-state index in [1.54, 1.807) is 0 Å². The van der Waals surface area contributed by atoms with E-state index < -0.39 is 42.6 Å². The lowest BCUT2D eigenvalue weighted by molar-refractivity contribution is -0.0128. The molecule has 4 atom stereocenters. The fourth-order valence-corrected chi connectivity index (χ4v) is 3.55. The summed E-state index contributed by atoms with van der Waals surface area (Å²) >= 11 is 0. The van der Waals surface area contributed by atoms with E-state index in [-0.39, 0.29) is 5.56 Å². The summed E-state index contributed by atoms with van der Waals surface area (Å²) in [4.78, 5) is 27.6. The van der Waals surface area contributed by atoms with Crippen molar-refractivity contribution < 1.29 is 14.6 Å². The van der Waals surface area contributed by atoms with Gasteiger partial charge in [-0.05, 0) is 25.9 Å². The molecule has 0 spiro atoms. The summed E-state index contributed by atoms with van der Waals surface area (Å²) in [6.07, 6.45) is 4.38. The molecule has 1 aromatic rings. The molecule has 1 aliphatic heterocycles. The van der Waals surface area contributed by atoms with Gasteiger partial charge in [0.25, 0.3) is 5.56 Å². The highest BCUT2D eigenvalue weighted by Crippen LogP contribution is 2.40. The van der Waals surface area contributed by atoms with Crippen molar-refractivity contribution in [3.63, 3.8) is 0 Å². The van der Waals surface area contributed by atoms with Crippen LogP contribution in [0.4, 0.5) is 0 Å². The van der Waals surface area contributed by atoms with Crippen molar-refractivity contribution in [3.05, 3.63) is 32.6 Å². The third-order valence-corrected chi connectivity index (χ3v) is 5.25. The summed E-state index contributed by atoms with van der Waals surface area (Å²) in [7, 11) is 1.46. The Balaban J connectivity index is 2.23. The molecule has 22 heavy (non-hydrogen) atoms. The monoisotopic (exact) mass is 330 g/mol. The van der Waals surface area contributed by atoms with Crippen molar-refractivity contribution >= 4 is 13.2 Å². The van der Waals surface area contributed by atoms with Gasteiger partial charge >= 0.3 is 5.69 Å². The van der Waals surface area contributed by atoms with Crippen LogP contribution in [0.15, 0.2) is 15.8 Å². The van der Waals surface area contributed by atoms with Gasteiger partial charge in [-0.1, -0.05) is 0 Å². The number of aliphatic hydroxyl groups is 1. The van der Waals surface area contributed by atoms with Crippen LogP contribution >= 0.6 is 6.89 Å². The first-order valence-corrected chi connectivity index (χ1v) is 10.1. The van der Waals surface area contributed by atoms with Crippen LogP contribution in [0, 0.1) is 0 Å². The fraction of sp³-hybridized carbons (Fsp3) is 0.643. The number of hydrogen-bond donors (Lipinski definition) is 3. The van der Waals surface area contributed by atoms with Gasteiger partial charge in [-0.25, -0.2) is 4.79 Å². The van der Waals surface area contributed by atoms with Crippen molar-refractivity contribution in [2.24, 2.45) is 0 Å². The minimum absolute atomic E-state index is 0.247. The maximum Gasteiger partial charge on any atom is 0.325 e. The lowest BCUT2D eigenvalue weighted by Crippen LogP contribution is -2.34. The van der Waals surface area contributed by atoms with E-state index in [4.69, 9.17) is 9.47 Å². The van der Waals surface area contributed by atoms with Crippen LogP contribution in [0.1, 0.15) is 18.1 Å². The number of aromatic nitrogens is 2. The summed E-state index contributed by atoms with van der Waals surface area (Å²) < 4.78 is 11.2. The Bertz CT molecular complexity index is 676. The zero-order chi connectivity index (χ0) is 16.5. The van der Waals surface area contributed by atoms with Crippen LogP contribution < -0.4 is 11.2 Å². The maximum atomic E-state index is 11.9. The highest BCUT2D eigenvalue weighted by molar-refractivity contribution is 7.72. The van der Waals surface area contributed by atoms with E-state index in [1.165, 1.54) is 13.3 Å². The van der Waals surface area contributed by atoms with E-state index >= 15 is 0 Å². The molecule has 3 N–H and O–H groups in total. The molecule has 1 aromatic heterocycles. The summed E-state index contributed by atoms with van der Waals surface area (Å²) in [5.41, 5.74) is -0.869. The van der Waals surface area contributed by atoms with Gasteiger partial charge in [0.1, 0.15) is 18.3 Å². The Morgan fingerprint density at radius 1 is 1.45 bits per heavy atom. The highest BCUT2D eigenvalue weighted by atomic mass is 31.2. The second-order valence-electron chi connectivity index (χ2n) is 6.26. The molecule has 0 bridgehead atoms. The molecule has 124 valence electrons. The van der Waals surface area contributed by atoms with E-state index in [0.717, 1.165) is 6.16 Å². The van der Waals surface area contributed by atoms with Crippen LogP contribution in [-0.4, -0.2) is 66.3 Å². The summed E-state index contributed by atoms with van der Waals surface area (Å²) in [6.45, 7) is 3.01. The molecular formula is C14H23N2O5P. The van der Waals surface area contributed by atoms with Gasteiger partial charge in [-0.15, -0.1) is 13.2 Å². The average molecular weight is 330 g/mol. The molecule has 0 radical (unpaired) electrons. The molecule has 2 rings (SSSR count).